The molecule has 0 spiro atoms. The SMILES string of the molecule is CCC[C@H](c1cccc(-c2ccccc2)c1)N1CCNCC1.Cl.Cl. The van der Waals surface area contributed by atoms with Gasteiger partial charge in [-0.2, -0.15) is 0 Å². The van der Waals surface area contributed by atoms with Crippen molar-refractivity contribution in [1.82, 2.24) is 10.2 Å². The third-order valence-corrected chi connectivity index (χ3v) is 4.53. The van der Waals surface area contributed by atoms with Crippen LogP contribution in [0.5, 0.6) is 0 Å². The second-order valence-electron chi connectivity index (χ2n) is 6.08. The Hall–Kier alpha value is -1.06. The average molecular weight is 367 g/mol. The van der Waals surface area contributed by atoms with Crippen LogP contribution in [-0.2, 0) is 0 Å². The molecular formula is C20H28Cl2N2. The molecule has 0 aliphatic carbocycles. The van der Waals surface area contributed by atoms with Crippen LogP contribution in [0.15, 0.2) is 54.6 Å². The molecule has 1 atom stereocenters. The van der Waals surface area contributed by atoms with Gasteiger partial charge in [0.05, 0.1) is 0 Å². The fraction of sp³-hybridized carbons (Fsp3) is 0.400. The maximum atomic E-state index is 3.46. The van der Waals surface area contributed by atoms with Gasteiger partial charge in [-0.05, 0) is 29.2 Å². The van der Waals surface area contributed by atoms with Crippen LogP contribution in [0, 0.1) is 0 Å². The van der Waals surface area contributed by atoms with E-state index >= 15 is 0 Å². The minimum absolute atomic E-state index is 0. The molecule has 2 aromatic rings. The molecule has 1 heterocycles. The fourth-order valence-corrected chi connectivity index (χ4v) is 3.38. The summed E-state index contributed by atoms with van der Waals surface area (Å²) in [6, 6.07) is 20.4. The van der Waals surface area contributed by atoms with Gasteiger partial charge in [-0.3, -0.25) is 4.90 Å². The first-order valence-electron chi connectivity index (χ1n) is 8.48. The summed E-state index contributed by atoms with van der Waals surface area (Å²) >= 11 is 0. The quantitative estimate of drug-likeness (QED) is 0.805. The molecule has 1 aliphatic heterocycles. The van der Waals surface area contributed by atoms with Gasteiger partial charge in [-0.1, -0.05) is 61.9 Å². The highest BCUT2D eigenvalue weighted by molar-refractivity contribution is 5.85. The average Bonchev–Trinajstić information content (AvgIpc) is 2.61. The van der Waals surface area contributed by atoms with E-state index in [1.54, 1.807) is 0 Å². The lowest BCUT2D eigenvalue weighted by molar-refractivity contribution is 0.164. The van der Waals surface area contributed by atoms with E-state index in [1.165, 1.54) is 29.5 Å². The first kappa shape index (κ1) is 21.0. The molecule has 2 nitrogen and oxygen atoms in total. The van der Waals surface area contributed by atoms with Gasteiger partial charge in [0, 0.05) is 32.2 Å². The lowest BCUT2D eigenvalue weighted by Gasteiger charge is -2.35. The van der Waals surface area contributed by atoms with Crippen LogP contribution in [0.3, 0.4) is 0 Å². The molecule has 1 fully saturated rings. The molecule has 2 aromatic carbocycles. The monoisotopic (exact) mass is 366 g/mol. The van der Waals surface area contributed by atoms with Crippen molar-refractivity contribution in [2.45, 2.75) is 25.8 Å². The van der Waals surface area contributed by atoms with Crippen LogP contribution >= 0.6 is 24.8 Å². The maximum Gasteiger partial charge on any atom is 0.0349 e. The molecule has 0 unspecified atom stereocenters. The molecule has 0 radical (unpaired) electrons. The predicted molar refractivity (Wildman–Crippen MR) is 108 cm³/mol. The summed E-state index contributed by atoms with van der Waals surface area (Å²) in [7, 11) is 0. The lowest BCUT2D eigenvalue weighted by atomic mass is 9.95. The first-order valence-corrected chi connectivity index (χ1v) is 8.48. The fourth-order valence-electron chi connectivity index (χ4n) is 3.38. The number of hydrogen-bond acceptors (Lipinski definition) is 2. The molecule has 0 amide bonds. The Morgan fingerprint density at radius 2 is 1.58 bits per heavy atom. The smallest absolute Gasteiger partial charge is 0.0349 e. The maximum absolute atomic E-state index is 3.46. The highest BCUT2D eigenvalue weighted by Crippen LogP contribution is 2.29. The van der Waals surface area contributed by atoms with Crippen molar-refractivity contribution in [3.63, 3.8) is 0 Å². The van der Waals surface area contributed by atoms with E-state index in [1.807, 2.05) is 0 Å². The normalized spacial score (nSPS) is 15.9. The van der Waals surface area contributed by atoms with Crippen molar-refractivity contribution in [3.8, 4) is 11.1 Å². The Balaban J connectivity index is 0.00000144. The van der Waals surface area contributed by atoms with Crippen LogP contribution in [0.1, 0.15) is 31.4 Å². The van der Waals surface area contributed by atoms with Crippen molar-refractivity contribution >= 4 is 24.8 Å². The zero-order valence-electron chi connectivity index (χ0n) is 14.3. The molecule has 4 heteroatoms. The number of rotatable bonds is 5. The standard InChI is InChI=1S/C20H26N2.2ClH/c1-2-7-20(22-14-12-21-13-15-22)19-11-6-10-18(16-19)17-8-4-3-5-9-17;;/h3-6,8-11,16,20-21H,2,7,12-15H2,1H3;2*1H/t20-;;/m1../s1. The molecule has 1 N–H and O–H groups in total. The second-order valence-corrected chi connectivity index (χ2v) is 6.08. The largest absolute Gasteiger partial charge is 0.314 e. The summed E-state index contributed by atoms with van der Waals surface area (Å²) in [5, 5.41) is 3.46. The third-order valence-electron chi connectivity index (χ3n) is 4.53. The van der Waals surface area contributed by atoms with E-state index in [0.717, 1.165) is 26.2 Å². The third kappa shape index (κ3) is 5.22. The molecule has 24 heavy (non-hydrogen) atoms. The molecular weight excluding hydrogens is 339 g/mol. The van der Waals surface area contributed by atoms with Gasteiger partial charge in [0.15, 0.2) is 0 Å². The Bertz CT molecular complexity index is 583. The van der Waals surface area contributed by atoms with Gasteiger partial charge in [-0.15, -0.1) is 24.8 Å². The van der Waals surface area contributed by atoms with E-state index in [9.17, 15) is 0 Å². The van der Waals surface area contributed by atoms with Crippen LogP contribution in [0.25, 0.3) is 11.1 Å². The van der Waals surface area contributed by atoms with E-state index in [0.29, 0.717) is 6.04 Å². The molecule has 0 bridgehead atoms. The number of halogens is 2. The van der Waals surface area contributed by atoms with Crippen molar-refractivity contribution in [2.75, 3.05) is 26.2 Å². The van der Waals surface area contributed by atoms with E-state index < -0.39 is 0 Å². The summed E-state index contributed by atoms with van der Waals surface area (Å²) in [6.07, 6.45) is 2.46. The molecule has 132 valence electrons. The van der Waals surface area contributed by atoms with Gasteiger partial charge in [-0.25, -0.2) is 0 Å². The zero-order valence-corrected chi connectivity index (χ0v) is 15.9. The Morgan fingerprint density at radius 1 is 0.917 bits per heavy atom. The number of nitrogens with zero attached hydrogens (tertiary/aromatic N) is 1. The Morgan fingerprint density at radius 3 is 2.25 bits per heavy atom. The zero-order chi connectivity index (χ0) is 15.2. The van der Waals surface area contributed by atoms with Crippen molar-refractivity contribution in [3.05, 3.63) is 60.2 Å². The minimum atomic E-state index is 0. The van der Waals surface area contributed by atoms with Gasteiger partial charge >= 0.3 is 0 Å². The van der Waals surface area contributed by atoms with Crippen LogP contribution in [-0.4, -0.2) is 31.1 Å². The molecule has 3 rings (SSSR count). The summed E-state index contributed by atoms with van der Waals surface area (Å²) in [5.74, 6) is 0. The van der Waals surface area contributed by atoms with E-state index in [4.69, 9.17) is 0 Å². The van der Waals surface area contributed by atoms with Crippen LogP contribution in [0.2, 0.25) is 0 Å². The Labute approximate surface area is 158 Å². The van der Waals surface area contributed by atoms with E-state index in [-0.39, 0.29) is 24.8 Å². The summed E-state index contributed by atoms with van der Waals surface area (Å²) in [6.45, 7) is 6.81. The van der Waals surface area contributed by atoms with Gasteiger partial charge < -0.3 is 5.32 Å². The topological polar surface area (TPSA) is 15.3 Å². The summed E-state index contributed by atoms with van der Waals surface area (Å²) in [5.41, 5.74) is 4.10. The predicted octanol–water partition coefficient (Wildman–Crippen LogP) is 4.94. The molecule has 0 aromatic heterocycles. The van der Waals surface area contributed by atoms with E-state index in [2.05, 4.69) is 71.7 Å². The summed E-state index contributed by atoms with van der Waals surface area (Å²) < 4.78 is 0. The van der Waals surface area contributed by atoms with Gasteiger partial charge in [0.1, 0.15) is 0 Å². The van der Waals surface area contributed by atoms with Crippen LogP contribution < -0.4 is 5.32 Å². The molecule has 1 saturated heterocycles. The number of nitrogens with one attached hydrogen (secondary N) is 1. The lowest BCUT2D eigenvalue weighted by Crippen LogP contribution is -2.45. The number of piperazine rings is 1. The van der Waals surface area contributed by atoms with Crippen molar-refractivity contribution < 1.29 is 0 Å². The highest BCUT2D eigenvalue weighted by Gasteiger charge is 2.21. The Kier molecular flexibility index (Phi) is 9.38. The van der Waals surface area contributed by atoms with Gasteiger partial charge in [0.2, 0.25) is 0 Å². The first-order chi connectivity index (χ1) is 10.9. The van der Waals surface area contributed by atoms with Crippen molar-refractivity contribution in [2.24, 2.45) is 0 Å². The summed E-state index contributed by atoms with van der Waals surface area (Å²) in [4.78, 5) is 2.64. The number of benzene rings is 2. The van der Waals surface area contributed by atoms with Crippen molar-refractivity contribution in [1.29, 1.82) is 0 Å². The molecule has 1 aliphatic rings. The minimum Gasteiger partial charge on any atom is -0.314 e. The number of hydrogen-bond donors (Lipinski definition) is 1. The van der Waals surface area contributed by atoms with Gasteiger partial charge in [0.25, 0.3) is 0 Å². The molecule has 0 saturated carbocycles. The second kappa shape index (κ2) is 10.7. The van der Waals surface area contributed by atoms with Crippen LogP contribution in [0.4, 0.5) is 0 Å². The highest BCUT2D eigenvalue weighted by atomic mass is 35.5.